The maximum atomic E-state index is 13.4. The zero-order valence-corrected chi connectivity index (χ0v) is 17.2. The molecule has 0 saturated carbocycles. The van der Waals surface area contributed by atoms with Crippen LogP contribution in [0.2, 0.25) is 0 Å². The van der Waals surface area contributed by atoms with Crippen LogP contribution in [0.4, 0.5) is 4.79 Å². The monoisotopic (exact) mass is 388 g/mol. The van der Waals surface area contributed by atoms with Gasteiger partial charge in [-0.15, -0.1) is 0 Å². The van der Waals surface area contributed by atoms with Crippen LogP contribution in [-0.4, -0.2) is 61.4 Å². The van der Waals surface area contributed by atoms with E-state index in [0.29, 0.717) is 37.3 Å². The smallest absolute Gasteiger partial charge is 0.434 e. The third-order valence-electron chi connectivity index (χ3n) is 5.80. The molecule has 0 aromatic heterocycles. The Morgan fingerprint density at radius 3 is 2.32 bits per heavy atom. The Morgan fingerprint density at radius 2 is 1.79 bits per heavy atom. The summed E-state index contributed by atoms with van der Waals surface area (Å²) in [4.78, 5) is 32.7. The van der Waals surface area contributed by atoms with Crippen molar-refractivity contribution in [3.8, 4) is 0 Å². The van der Waals surface area contributed by atoms with Crippen molar-refractivity contribution in [1.29, 1.82) is 0 Å². The fourth-order valence-corrected chi connectivity index (χ4v) is 4.25. The Hall–Kier alpha value is -2.38. The number of piperidine rings is 1. The standard InChI is InChI=1S/C21H28N2O5/c1-6-27-20(25)28-18-17(16-14(2)8-7-9-15(16)3)19(24)22(4)21(18)10-12-23(26-5)13-11-21/h7-9H,6,10-13H2,1-5H3. The number of likely N-dealkylation sites (N-methyl/N-ethyl adjacent to an activating group) is 1. The zero-order chi connectivity index (χ0) is 20.5. The highest BCUT2D eigenvalue weighted by Crippen LogP contribution is 2.47. The first-order valence-electron chi connectivity index (χ1n) is 9.59. The van der Waals surface area contributed by atoms with Crippen LogP contribution in [0.15, 0.2) is 24.0 Å². The van der Waals surface area contributed by atoms with Crippen molar-refractivity contribution in [3.05, 3.63) is 40.6 Å². The number of carbonyl (C=O) groups is 2. The second kappa shape index (κ2) is 7.93. The number of amides is 1. The van der Waals surface area contributed by atoms with Crippen molar-refractivity contribution >= 4 is 17.6 Å². The molecule has 0 bridgehead atoms. The van der Waals surface area contributed by atoms with Crippen molar-refractivity contribution < 1.29 is 23.9 Å². The molecule has 1 saturated heterocycles. The zero-order valence-electron chi connectivity index (χ0n) is 17.2. The van der Waals surface area contributed by atoms with E-state index in [-0.39, 0.29) is 12.5 Å². The molecule has 2 aliphatic rings. The fraction of sp³-hybridized carbons (Fsp3) is 0.524. The summed E-state index contributed by atoms with van der Waals surface area (Å²) in [6.45, 7) is 7.11. The molecule has 1 spiro atoms. The SMILES string of the molecule is CCOC(=O)OC1=C(c2c(C)cccc2C)C(=O)N(C)C12CCN(OC)CC2. The molecule has 3 rings (SSSR count). The van der Waals surface area contributed by atoms with Gasteiger partial charge in [0.15, 0.2) is 5.76 Å². The van der Waals surface area contributed by atoms with Crippen LogP contribution in [-0.2, 0) is 19.1 Å². The minimum absolute atomic E-state index is 0.137. The van der Waals surface area contributed by atoms with Gasteiger partial charge >= 0.3 is 6.16 Å². The largest absolute Gasteiger partial charge is 0.513 e. The van der Waals surface area contributed by atoms with Gasteiger partial charge in [-0.3, -0.25) is 4.79 Å². The molecule has 0 aliphatic carbocycles. The highest BCUT2D eigenvalue weighted by molar-refractivity contribution is 6.24. The first kappa shape index (κ1) is 20.4. The van der Waals surface area contributed by atoms with Gasteiger partial charge < -0.3 is 19.2 Å². The van der Waals surface area contributed by atoms with Gasteiger partial charge in [0.2, 0.25) is 0 Å². The van der Waals surface area contributed by atoms with Gasteiger partial charge in [0, 0.05) is 20.1 Å². The summed E-state index contributed by atoms with van der Waals surface area (Å²) in [6, 6.07) is 5.88. The summed E-state index contributed by atoms with van der Waals surface area (Å²) < 4.78 is 10.8. The van der Waals surface area contributed by atoms with E-state index in [4.69, 9.17) is 14.3 Å². The number of hydrogen-bond donors (Lipinski definition) is 0. The Kier molecular flexibility index (Phi) is 5.76. The normalized spacial score (nSPS) is 19.5. The van der Waals surface area contributed by atoms with E-state index in [2.05, 4.69) is 0 Å². The fourth-order valence-electron chi connectivity index (χ4n) is 4.25. The first-order chi connectivity index (χ1) is 13.4. The van der Waals surface area contributed by atoms with Gasteiger partial charge in [-0.05, 0) is 50.3 Å². The summed E-state index contributed by atoms with van der Waals surface area (Å²) in [5.41, 5.74) is 2.52. The maximum Gasteiger partial charge on any atom is 0.513 e. The molecule has 7 heteroatoms. The van der Waals surface area contributed by atoms with Crippen LogP contribution in [0.25, 0.3) is 5.57 Å². The third-order valence-corrected chi connectivity index (χ3v) is 5.80. The van der Waals surface area contributed by atoms with E-state index in [1.165, 1.54) is 0 Å². The number of aryl methyl sites for hydroxylation is 2. The van der Waals surface area contributed by atoms with Gasteiger partial charge in [0.1, 0.15) is 5.54 Å². The van der Waals surface area contributed by atoms with Crippen molar-refractivity contribution in [2.75, 3.05) is 33.9 Å². The molecule has 28 heavy (non-hydrogen) atoms. The van der Waals surface area contributed by atoms with Crippen LogP contribution in [0, 0.1) is 13.8 Å². The molecule has 1 aromatic carbocycles. The number of ether oxygens (including phenoxy) is 2. The predicted molar refractivity (Wildman–Crippen MR) is 104 cm³/mol. The minimum Gasteiger partial charge on any atom is -0.434 e. The Balaban J connectivity index is 2.16. The molecule has 2 heterocycles. The third kappa shape index (κ3) is 3.29. The molecule has 0 N–H and O–H groups in total. The van der Waals surface area contributed by atoms with Crippen LogP contribution in [0.3, 0.4) is 0 Å². The molecule has 0 atom stereocenters. The quantitative estimate of drug-likeness (QED) is 0.739. The highest BCUT2D eigenvalue weighted by atomic mass is 16.7. The van der Waals surface area contributed by atoms with E-state index < -0.39 is 11.7 Å². The number of hydrogen-bond acceptors (Lipinski definition) is 6. The topological polar surface area (TPSA) is 68.3 Å². The average molecular weight is 388 g/mol. The molecule has 7 nitrogen and oxygen atoms in total. The van der Waals surface area contributed by atoms with E-state index in [1.807, 2.05) is 37.1 Å². The van der Waals surface area contributed by atoms with Gasteiger partial charge in [0.25, 0.3) is 5.91 Å². The summed E-state index contributed by atoms with van der Waals surface area (Å²) in [7, 11) is 3.41. The predicted octanol–water partition coefficient (Wildman–Crippen LogP) is 3.06. The van der Waals surface area contributed by atoms with Crippen molar-refractivity contribution in [3.63, 3.8) is 0 Å². The summed E-state index contributed by atoms with van der Waals surface area (Å²) in [5.74, 6) is 0.258. The summed E-state index contributed by atoms with van der Waals surface area (Å²) >= 11 is 0. The van der Waals surface area contributed by atoms with Crippen LogP contribution >= 0.6 is 0 Å². The van der Waals surface area contributed by atoms with E-state index in [1.54, 1.807) is 26.0 Å². The molecular formula is C21H28N2O5. The van der Waals surface area contributed by atoms with E-state index >= 15 is 0 Å². The van der Waals surface area contributed by atoms with Crippen LogP contribution in [0.1, 0.15) is 36.5 Å². The average Bonchev–Trinajstić information content (AvgIpc) is 2.85. The Labute approximate surface area is 165 Å². The lowest BCUT2D eigenvalue weighted by Crippen LogP contribution is -2.53. The van der Waals surface area contributed by atoms with E-state index in [0.717, 1.165) is 16.7 Å². The summed E-state index contributed by atoms with van der Waals surface area (Å²) in [6.07, 6.45) is 0.427. The first-order valence-corrected chi connectivity index (χ1v) is 9.59. The van der Waals surface area contributed by atoms with E-state index in [9.17, 15) is 9.59 Å². The second-order valence-corrected chi connectivity index (χ2v) is 7.26. The number of nitrogens with zero attached hydrogens (tertiary/aromatic N) is 2. The van der Waals surface area contributed by atoms with Crippen molar-refractivity contribution in [1.82, 2.24) is 9.96 Å². The van der Waals surface area contributed by atoms with Crippen LogP contribution in [0.5, 0.6) is 0 Å². The van der Waals surface area contributed by atoms with Crippen molar-refractivity contribution in [2.45, 2.75) is 39.2 Å². The van der Waals surface area contributed by atoms with Gasteiger partial charge in [0.05, 0.1) is 19.3 Å². The lowest BCUT2D eigenvalue weighted by molar-refractivity contribution is -0.162. The molecule has 1 fully saturated rings. The minimum atomic E-state index is -0.780. The number of benzene rings is 1. The Morgan fingerprint density at radius 1 is 1.18 bits per heavy atom. The maximum absolute atomic E-state index is 13.4. The van der Waals surface area contributed by atoms with Crippen LogP contribution < -0.4 is 0 Å². The number of rotatable bonds is 4. The molecule has 152 valence electrons. The molecule has 1 amide bonds. The Bertz CT molecular complexity index is 789. The molecular weight excluding hydrogens is 360 g/mol. The second-order valence-electron chi connectivity index (χ2n) is 7.26. The molecule has 1 aromatic rings. The molecule has 0 radical (unpaired) electrons. The number of carbonyl (C=O) groups excluding carboxylic acids is 2. The van der Waals surface area contributed by atoms with Gasteiger partial charge in [-0.2, -0.15) is 5.06 Å². The molecule has 0 unspecified atom stereocenters. The van der Waals surface area contributed by atoms with Gasteiger partial charge in [-0.1, -0.05) is 18.2 Å². The number of hydroxylamine groups is 2. The highest BCUT2D eigenvalue weighted by Gasteiger charge is 2.54. The summed E-state index contributed by atoms with van der Waals surface area (Å²) in [5, 5.41) is 1.85. The lowest BCUT2D eigenvalue weighted by Gasteiger charge is -2.43. The lowest BCUT2D eigenvalue weighted by atomic mass is 9.84. The van der Waals surface area contributed by atoms with Gasteiger partial charge in [-0.25, -0.2) is 4.79 Å². The van der Waals surface area contributed by atoms with Crippen molar-refractivity contribution in [2.24, 2.45) is 0 Å². The molecule has 2 aliphatic heterocycles.